The topological polar surface area (TPSA) is 66.4 Å². The molecule has 0 radical (unpaired) electrons. The lowest BCUT2D eigenvalue weighted by Crippen LogP contribution is -2.33. The summed E-state index contributed by atoms with van der Waals surface area (Å²) in [5.74, 6) is 0.251. The molecule has 1 aromatic rings. The Kier molecular flexibility index (Phi) is 4.48. The monoisotopic (exact) mass is 397 g/mol. The Morgan fingerprint density at radius 1 is 1.39 bits per heavy atom. The highest BCUT2D eigenvalue weighted by Crippen LogP contribution is 2.32. The standard InChI is InChI=1S/C11H13Br2NO3S/c12-8-3-4-11(9(13)5-8)18(16,17)14-6-10(15)7-1-2-7/h3-5,7,10,14-15H,1-2,6H2. The summed E-state index contributed by atoms with van der Waals surface area (Å²) in [4.78, 5) is 0.175. The molecule has 1 unspecified atom stereocenters. The van der Waals surface area contributed by atoms with Crippen LogP contribution in [0.4, 0.5) is 0 Å². The number of hydrogen-bond acceptors (Lipinski definition) is 3. The molecule has 1 aliphatic rings. The average molecular weight is 399 g/mol. The molecule has 0 aromatic heterocycles. The van der Waals surface area contributed by atoms with Gasteiger partial charge in [-0.25, -0.2) is 13.1 Å². The van der Waals surface area contributed by atoms with E-state index in [2.05, 4.69) is 36.6 Å². The molecule has 1 atom stereocenters. The first kappa shape index (κ1) is 14.5. The van der Waals surface area contributed by atoms with Crippen LogP contribution in [0.3, 0.4) is 0 Å². The van der Waals surface area contributed by atoms with Crippen molar-refractivity contribution in [2.24, 2.45) is 5.92 Å². The Labute approximate surface area is 123 Å². The van der Waals surface area contributed by atoms with Gasteiger partial charge in [0.2, 0.25) is 10.0 Å². The van der Waals surface area contributed by atoms with E-state index < -0.39 is 16.1 Å². The van der Waals surface area contributed by atoms with Crippen LogP contribution in [0.5, 0.6) is 0 Å². The number of nitrogens with one attached hydrogen (secondary N) is 1. The second-order valence-corrected chi connectivity index (χ2v) is 7.84. The van der Waals surface area contributed by atoms with Crippen molar-refractivity contribution in [3.63, 3.8) is 0 Å². The number of rotatable bonds is 5. The lowest BCUT2D eigenvalue weighted by Gasteiger charge is -2.12. The van der Waals surface area contributed by atoms with Gasteiger partial charge in [0.05, 0.1) is 11.0 Å². The van der Waals surface area contributed by atoms with E-state index in [4.69, 9.17) is 0 Å². The highest BCUT2D eigenvalue weighted by Gasteiger charge is 2.30. The summed E-state index contributed by atoms with van der Waals surface area (Å²) < 4.78 is 27.8. The summed E-state index contributed by atoms with van der Waals surface area (Å²) in [6.45, 7) is 0.0650. The van der Waals surface area contributed by atoms with Crippen molar-refractivity contribution in [3.8, 4) is 0 Å². The van der Waals surface area contributed by atoms with Gasteiger partial charge >= 0.3 is 0 Å². The highest BCUT2D eigenvalue weighted by molar-refractivity contribution is 9.11. The first-order chi connectivity index (χ1) is 8.40. The summed E-state index contributed by atoms with van der Waals surface area (Å²) in [7, 11) is -3.59. The number of benzene rings is 1. The number of hydrogen-bond donors (Lipinski definition) is 2. The van der Waals surface area contributed by atoms with Crippen LogP contribution in [0, 0.1) is 5.92 Å². The Balaban J connectivity index is 2.09. The number of halogens is 2. The maximum absolute atomic E-state index is 12.0. The van der Waals surface area contributed by atoms with E-state index >= 15 is 0 Å². The zero-order valence-corrected chi connectivity index (χ0v) is 13.4. The zero-order chi connectivity index (χ0) is 13.3. The highest BCUT2D eigenvalue weighted by atomic mass is 79.9. The maximum Gasteiger partial charge on any atom is 0.241 e. The Hall–Kier alpha value is 0.0500. The molecule has 0 saturated heterocycles. The van der Waals surface area contributed by atoms with Crippen molar-refractivity contribution >= 4 is 41.9 Å². The predicted octanol–water partition coefficient (Wildman–Crippen LogP) is 2.26. The SMILES string of the molecule is O=S(=O)(NCC(O)C1CC1)c1ccc(Br)cc1Br. The molecule has 4 nitrogen and oxygen atoms in total. The molecule has 18 heavy (non-hydrogen) atoms. The minimum atomic E-state index is -3.59. The largest absolute Gasteiger partial charge is 0.391 e. The van der Waals surface area contributed by atoms with E-state index in [1.165, 1.54) is 6.07 Å². The van der Waals surface area contributed by atoms with Crippen LogP contribution in [0.2, 0.25) is 0 Å². The lowest BCUT2D eigenvalue weighted by molar-refractivity contribution is 0.155. The van der Waals surface area contributed by atoms with Crippen LogP contribution in [-0.2, 0) is 10.0 Å². The molecule has 2 rings (SSSR count). The van der Waals surface area contributed by atoms with Crippen molar-refractivity contribution < 1.29 is 13.5 Å². The predicted molar refractivity (Wildman–Crippen MR) is 75.8 cm³/mol. The second kappa shape index (κ2) is 5.58. The second-order valence-electron chi connectivity index (χ2n) is 4.33. The summed E-state index contributed by atoms with van der Waals surface area (Å²) in [5.41, 5.74) is 0. The summed E-state index contributed by atoms with van der Waals surface area (Å²) in [6.07, 6.45) is 1.37. The van der Waals surface area contributed by atoms with Gasteiger partial charge in [0.1, 0.15) is 0 Å². The van der Waals surface area contributed by atoms with Crippen LogP contribution in [-0.4, -0.2) is 26.2 Å². The smallest absolute Gasteiger partial charge is 0.241 e. The minimum absolute atomic E-state index is 0.0650. The summed E-state index contributed by atoms with van der Waals surface area (Å²) in [5, 5.41) is 9.67. The first-order valence-electron chi connectivity index (χ1n) is 5.53. The fourth-order valence-electron chi connectivity index (χ4n) is 1.61. The molecule has 0 spiro atoms. The van der Waals surface area contributed by atoms with Crippen molar-refractivity contribution in [2.75, 3.05) is 6.54 Å². The number of aliphatic hydroxyl groups excluding tert-OH is 1. The van der Waals surface area contributed by atoms with Crippen LogP contribution in [0.25, 0.3) is 0 Å². The molecule has 0 heterocycles. The van der Waals surface area contributed by atoms with E-state index in [-0.39, 0.29) is 17.4 Å². The van der Waals surface area contributed by atoms with Gasteiger partial charge in [-0.1, -0.05) is 15.9 Å². The van der Waals surface area contributed by atoms with Gasteiger partial charge < -0.3 is 5.11 Å². The Morgan fingerprint density at radius 3 is 2.61 bits per heavy atom. The third-order valence-corrected chi connectivity index (χ3v) is 5.73. The molecule has 7 heteroatoms. The van der Waals surface area contributed by atoms with E-state index in [0.717, 1.165) is 17.3 Å². The van der Waals surface area contributed by atoms with Gasteiger partial charge in [-0.3, -0.25) is 0 Å². The van der Waals surface area contributed by atoms with Gasteiger partial charge in [0.25, 0.3) is 0 Å². The van der Waals surface area contributed by atoms with Gasteiger partial charge in [0, 0.05) is 15.5 Å². The van der Waals surface area contributed by atoms with Gasteiger partial charge in [-0.15, -0.1) is 0 Å². The summed E-state index contributed by atoms with van der Waals surface area (Å²) in [6, 6.07) is 4.85. The van der Waals surface area contributed by atoms with Crippen molar-refractivity contribution in [3.05, 3.63) is 27.1 Å². The third-order valence-electron chi connectivity index (χ3n) is 2.83. The molecule has 0 amide bonds. The van der Waals surface area contributed by atoms with Crippen molar-refractivity contribution in [1.82, 2.24) is 4.72 Å². The van der Waals surface area contributed by atoms with Crippen LogP contribution in [0.1, 0.15) is 12.8 Å². The molecule has 1 aromatic carbocycles. The van der Waals surface area contributed by atoms with E-state index in [1.807, 2.05) is 0 Å². The molecular formula is C11H13Br2NO3S. The van der Waals surface area contributed by atoms with Crippen LogP contribution in [0.15, 0.2) is 32.0 Å². The van der Waals surface area contributed by atoms with Gasteiger partial charge in [0.15, 0.2) is 0 Å². The molecular weight excluding hydrogens is 386 g/mol. The third kappa shape index (κ3) is 3.54. The summed E-state index contributed by atoms with van der Waals surface area (Å²) >= 11 is 6.49. The Morgan fingerprint density at radius 2 is 2.06 bits per heavy atom. The lowest BCUT2D eigenvalue weighted by atomic mass is 10.2. The molecule has 1 saturated carbocycles. The normalized spacial score (nSPS) is 17.7. The van der Waals surface area contributed by atoms with Crippen LogP contribution >= 0.6 is 31.9 Å². The van der Waals surface area contributed by atoms with E-state index in [9.17, 15) is 13.5 Å². The minimum Gasteiger partial charge on any atom is -0.391 e. The first-order valence-corrected chi connectivity index (χ1v) is 8.60. The Bertz CT molecular complexity index is 543. The van der Waals surface area contributed by atoms with Crippen LogP contribution < -0.4 is 4.72 Å². The number of sulfonamides is 1. The van der Waals surface area contributed by atoms with E-state index in [1.54, 1.807) is 12.1 Å². The van der Waals surface area contributed by atoms with Gasteiger partial charge in [-0.2, -0.15) is 0 Å². The molecule has 1 aliphatic carbocycles. The average Bonchev–Trinajstić information content (AvgIpc) is 3.09. The fourth-order valence-corrected chi connectivity index (χ4v) is 4.41. The molecule has 0 aliphatic heterocycles. The quantitative estimate of drug-likeness (QED) is 0.799. The maximum atomic E-state index is 12.0. The fraction of sp³-hybridized carbons (Fsp3) is 0.455. The van der Waals surface area contributed by atoms with Gasteiger partial charge in [-0.05, 0) is 52.9 Å². The number of aliphatic hydroxyl groups is 1. The van der Waals surface area contributed by atoms with Crippen molar-refractivity contribution in [1.29, 1.82) is 0 Å². The molecule has 100 valence electrons. The molecule has 0 bridgehead atoms. The molecule has 2 N–H and O–H groups in total. The van der Waals surface area contributed by atoms with Crippen molar-refractivity contribution in [2.45, 2.75) is 23.8 Å². The van der Waals surface area contributed by atoms with E-state index in [0.29, 0.717) is 4.47 Å². The molecule has 1 fully saturated rings. The zero-order valence-electron chi connectivity index (χ0n) is 9.44.